The summed E-state index contributed by atoms with van der Waals surface area (Å²) in [7, 11) is 0.180. The summed E-state index contributed by atoms with van der Waals surface area (Å²) in [6, 6.07) is 0. The summed E-state index contributed by atoms with van der Waals surface area (Å²) in [4.78, 5) is 0.933. The summed E-state index contributed by atoms with van der Waals surface area (Å²) in [5.74, 6) is 0. The molecule has 0 aliphatic heterocycles. The Morgan fingerprint density at radius 3 is 1.38 bits per heavy atom. The molecule has 0 amide bonds. The SMILES string of the molecule is C=C[CH2][Pd+].CC(C)P(C(C)C)C(C)(C)C.[Cl-]. The third kappa shape index (κ3) is 11.6. The van der Waals surface area contributed by atoms with E-state index in [9.17, 15) is 0 Å². The molecule has 16 heavy (non-hydrogen) atoms. The quantitative estimate of drug-likeness (QED) is 0.413. The van der Waals surface area contributed by atoms with Crippen LogP contribution in [0.5, 0.6) is 0 Å². The molecule has 0 aromatic rings. The van der Waals surface area contributed by atoms with Crippen molar-refractivity contribution in [1.29, 1.82) is 0 Å². The molecule has 0 rings (SSSR count). The Kier molecular flexibility index (Phi) is 15.7. The molecule has 0 nitrogen and oxygen atoms in total. The van der Waals surface area contributed by atoms with E-state index in [1.165, 1.54) is 0 Å². The second-order valence-corrected chi connectivity index (χ2v) is 10.0. The van der Waals surface area contributed by atoms with E-state index in [0.29, 0.717) is 5.16 Å². The minimum Gasteiger partial charge on any atom is -1.00 e. The Morgan fingerprint density at radius 2 is 1.38 bits per heavy atom. The molecule has 0 atom stereocenters. The molecule has 0 unspecified atom stereocenters. The maximum absolute atomic E-state index is 3.44. The van der Waals surface area contributed by atoms with Gasteiger partial charge in [0.1, 0.15) is 0 Å². The van der Waals surface area contributed by atoms with Gasteiger partial charge in [0.2, 0.25) is 0 Å². The van der Waals surface area contributed by atoms with Crippen molar-refractivity contribution in [2.24, 2.45) is 0 Å². The minimum absolute atomic E-state index is 0. The van der Waals surface area contributed by atoms with Gasteiger partial charge in [-0.2, -0.15) is 0 Å². The molecule has 102 valence electrons. The first-order valence-corrected chi connectivity index (χ1v) is 8.17. The molecule has 0 aromatic carbocycles. The van der Waals surface area contributed by atoms with Gasteiger partial charge in [-0.1, -0.05) is 56.4 Å². The predicted octanol–water partition coefficient (Wildman–Crippen LogP) is 2.23. The van der Waals surface area contributed by atoms with Crippen LogP contribution in [0.2, 0.25) is 4.89 Å². The second kappa shape index (κ2) is 11.2. The summed E-state index contributed by atoms with van der Waals surface area (Å²) >= 11 is 2.92. The molecule has 0 aliphatic rings. The van der Waals surface area contributed by atoms with Crippen LogP contribution in [0.15, 0.2) is 12.7 Å². The molecule has 0 aliphatic carbocycles. The topological polar surface area (TPSA) is 0 Å². The van der Waals surface area contributed by atoms with E-state index in [4.69, 9.17) is 0 Å². The average molecular weight is 357 g/mol. The summed E-state index contributed by atoms with van der Waals surface area (Å²) in [6.07, 6.45) is 1.81. The number of allylic oxidation sites excluding steroid dienone is 1. The van der Waals surface area contributed by atoms with Crippen LogP contribution < -0.4 is 12.4 Å². The van der Waals surface area contributed by atoms with Gasteiger partial charge in [-0.15, -0.1) is 0 Å². The zero-order chi connectivity index (χ0) is 12.6. The molecule has 0 bridgehead atoms. The third-order valence-electron chi connectivity index (χ3n) is 1.98. The monoisotopic (exact) mass is 356 g/mol. The first kappa shape index (κ1) is 22.3. The van der Waals surface area contributed by atoms with E-state index in [1.807, 2.05) is 6.08 Å². The molecule has 3 heteroatoms. The average Bonchev–Trinajstić information content (AvgIpc) is 2.00. The molecule has 0 radical (unpaired) electrons. The fraction of sp³-hybridized carbons (Fsp3) is 0.846. The van der Waals surface area contributed by atoms with Crippen LogP contribution in [0.25, 0.3) is 0 Å². The number of hydrogen-bond donors (Lipinski definition) is 0. The minimum atomic E-state index is 0. The fourth-order valence-corrected chi connectivity index (χ4v) is 6.44. The second-order valence-electron chi connectivity index (χ2n) is 5.18. The Hall–Kier alpha value is 1.12. The van der Waals surface area contributed by atoms with Crippen LogP contribution in [0.4, 0.5) is 0 Å². The van der Waals surface area contributed by atoms with Gasteiger partial charge in [0.15, 0.2) is 0 Å². The predicted molar refractivity (Wildman–Crippen MR) is 71.9 cm³/mol. The van der Waals surface area contributed by atoms with Gasteiger partial charge in [0.05, 0.1) is 0 Å². The van der Waals surface area contributed by atoms with Crippen LogP contribution in [-0.2, 0) is 19.2 Å². The number of rotatable bonds is 3. The Bertz CT molecular complexity index is 154. The van der Waals surface area contributed by atoms with Crippen molar-refractivity contribution >= 4 is 7.92 Å². The van der Waals surface area contributed by atoms with Crippen LogP contribution in [-0.4, -0.2) is 16.5 Å². The first-order valence-electron chi connectivity index (χ1n) is 5.59. The Balaban J connectivity index is -0.000000292. The van der Waals surface area contributed by atoms with E-state index >= 15 is 0 Å². The van der Waals surface area contributed by atoms with E-state index in [2.05, 4.69) is 74.2 Å². The molecular formula is C13H28ClPPd. The Labute approximate surface area is 122 Å². The van der Waals surface area contributed by atoms with E-state index in [1.54, 1.807) is 0 Å². The third-order valence-corrected chi connectivity index (χ3v) is 6.20. The summed E-state index contributed by atoms with van der Waals surface area (Å²) in [5.41, 5.74) is 1.73. The van der Waals surface area contributed by atoms with E-state index in [0.717, 1.165) is 16.2 Å². The Morgan fingerprint density at radius 1 is 1.12 bits per heavy atom. The molecular weight excluding hydrogens is 329 g/mol. The van der Waals surface area contributed by atoms with Gasteiger partial charge in [-0.05, 0) is 16.5 Å². The normalized spacial score (nSPS) is 11.0. The standard InChI is InChI=1S/C10H23P.C3H5.ClH.Pd/c1-8(2)11(9(3)4)10(5,6)7;1-3-2;;/h8-9H,1-7H3;3H,1-2H2;1H;/q;;;+1/p-1. The maximum atomic E-state index is 3.44. The van der Waals surface area contributed by atoms with Gasteiger partial charge >= 0.3 is 36.8 Å². The van der Waals surface area contributed by atoms with Crippen molar-refractivity contribution < 1.29 is 31.6 Å². The smallest absolute Gasteiger partial charge is 0.0175 e. The molecule has 0 saturated carbocycles. The number of halogens is 1. The summed E-state index contributed by atoms with van der Waals surface area (Å²) in [5, 5.41) is 0.525. The zero-order valence-corrected chi connectivity index (χ0v) is 15.0. The van der Waals surface area contributed by atoms with E-state index < -0.39 is 0 Å². The van der Waals surface area contributed by atoms with Crippen molar-refractivity contribution in [2.75, 3.05) is 0 Å². The number of hydrogen-bond acceptors (Lipinski definition) is 0. The molecule has 0 N–H and O–H groups in total. The van der Waals surface area contributed by atoms with Crippen LogP contribution in [0.3, 0.4) is 0 Å². The molecule has 0 fully saturated rings. The van der Waals surface area contributed by atoms with Crippen LogP contribution in [0, 0.1) is 0 Å². The van der Waals surface area contributed by atoms with Gasteiger partial charge in [-0.25, -0.2) is 0 Å². The molecule has 0 heterocycles. The van der Waals surface area contributed by atoms with Crippen molar-refractivity contribution in [3.63, 3.8) is 0 Å². The zero-order valence-electron chi connectivity index (χ0n) is 11.8. The summed E-state index contributed by atoms with van der Waals surface area (Å²) < 4.78 is 0. The summed E-state index contributed by atoms with van der Waals surface area (Å²) in [6.45, 7) is 20.0. The van der Waals surface area contributed by atoms with Crippen molar-refractivity contribution in [3.05, 3.63) is 12.7 Å². The fourth-order valence-electron chi connectivity index (χ4n) is 2.15. The van der Waals surface area contributed by atoms with Crippen LogP contribution in [0.1, 0.15) is 48.5 Å². The van der Waals surface area contributed by atoms with Crippen molar-refractivity contribution in [1.82, 2.24) is 0 Å². The van der Waals surface area contributed by atoms with Crippen LogP contribution >= 0.6 is 7.92 Å². The maximum Gasteiger partial charge on any atom is -0.0175 e. The van der Waals surface area contributed by atoms with Gasteiger partial charge in [0.25, 0.3) is 0 Å². The van der Waals surface area contributed by atoms with E-state index in [-0.39, 0.29) is 20.3 Å². The first-order chi connectivity index (χ1) is 6.68. The molecule has 0 spiro atoms. The van der Waals surface area contributed by atoms with Gasteiger partial charge in [0, 0.05) is 0 Å². The van der Waals surface area contributed by atoms with Crippen molar-refractivity contribution in [3.8, 4) is 0 Å². The van der Waals surface area contributed by atoms with Crippen molar-refractivity contribution in [2.45, 2.75) is 69.8 Å². The van der Waals surface area contributed by atoms with Gasteiger partial charge < -0.3 is 12.4 Å². The largest absolute Gasteiger partial charge is 1.00 e. The molecule has 0 saturated heterocycles. The molecule has 0 aromatic heterocycles. The van der Waals surface area contributed by atoms with Gasteiger partial charge in [-0.3, -0.25) is 0 Å².